The number of Topliss-reactive ketones (excluding diaryl/α,β-unsaturated/α-hetero) is 1. The predicted molar refractivity (Wildman–Crippen MR) is 109 cm³/mol. The molecule has 2 aliphatic heterocycles. The summed E-state index contributed by atoms with van der Waals surface area (Å²) in [4.78, 5) is 18.4. The molecule has 0 radical (unpaired) electrons. The Balaban J connectivity index is 1.26. The van der Waals surface area contributed by atoms with Gasteiger partial charge in [0, 0.05) is 47.1 Å². The van der Waals surface area contributed by atoms with Gasteiger partial charge in [0.15, 0.2) is 5.78 Å². The number of H-pyrrole nitrogens is 1. The lowest BCUT2D eigenvalue weighted by molar-refractivity contribution is 0.0975. The Morgan fingerprint density at radius 1 is 1.11 bits per heavy atom. The number of halogens is 1. The minimum Gasteiger partial charge on any atom is -0.358 e. The second-order valence-corrected chi connectivity index (χ2v) is 8.14. The van der Waals surface area contributed by atoms with Crippen LogP contribution in [0.2, 0.25) is 0 Å². The summed E-state index contributed by atoms with van der Waals surface area (Å²) in [6.45, 7) is 1.01. The predicted octanol–water partition coefficient (Wildman–Crippen LogP) is 5.42. The van der Waals surface area contributed by atoms with E-state index in [0.29, 0.717) is 18.5 Å². The van der Waals surface area contributed by atoms with Gasteiger partial charge in [-0.05, 0) is 56.0 Å². The first kappa shape index (κ1) is 17.6. The largest absolute Gasteiger partial charge is 0.358 e. The molecule has 2 bridgehead atoms. The molecule has 1 N–H and O–H groups in total. The number of aromatic nitrogens is 1. The van der Waals surface area contributed by atoms with Gasteiger partial charge < -0.3 is 4.98 Å². The second-order valence-electron chi connectivity index (χ2n) is 8.14. The van der Waals surface area contributed by atoms with Crippen LogP contribution in [0.4, 0.5) is 4.39 Å². The van der Waals surface area contributed by atoms with E-state index in [2.05, 4.69) is 9.88 Å². The van der Waals surface area contributed by atoms with Crippen LogP contribution in [0, 0.1) is 5.82 Å². The monoisotopic (exact) mass is 376 g/mol. The van der Waals surface area contributed by atoms with Crippen molar-refractivity contribution in [2.24, 2.45) is 0 Å². The number of carbonyl (C=O) groups excluding carboxylic acids is 1. The molecule has 2 unspecified atom stereocenters. The van der Waals surface area contributed by atoms with Crippen molar-refractivity contribution < 1.29 is 9.18 Å². The minimum absolute atomic E-state index is 0.166. The van der Waals surface area contributed by atoms with E-state index in [4.69, 9.17) is 0 Å². The van der Waals surface area contributed by atoms with Gasteiger partial charge in [0.25, 0.3) is 0 Å². The number of fused-ring (bicyclic) bond motifs is 6. The van der Waals surface area contributed by atoms with E-state index in [0.717, 1.165) is 48.7 Å². The summed E-state index contributed by atoms with van der Waals surface area (Å²) in [5.74, 6) is 0.0667. The van der Waals surface area contributed by atoms with Gasteiger partial charge in [0.05, 0.1) is 0 Å². The summed E-state index contributed by atoms with van der Waals surface area (Å²) in [6.07, 6.45) is 5.91. The van der Waals surface area contributed by atoms with E-state index in [9.17, 15) is 9.18 Å². The van der Waals surface area contributed by atoms with Gasteiger partial charge in [0.1, 0.15) is 5.82 Å². The molecule has 0 amide bonds. The molecule has 2 atom stereocenters. The van der Waals surface area contributed by atoms with Crippen molar-refractivity contribution in [3.8, 4) is 0 Å². The number of nitrogens with zero attached hydrogens (tertiary/aromatic N) is 1. The average Bonchev–Trinajstić information content (AvgIpc) is 3.21. The van der Waals surface area contributed by atoms with Gasteiger partial charge in [-0.1, -0.05) is 30.3 Å². The molecule has 0 saturated carbocycles. The first-order valence-corrected chi connectivity index (χ1v) is 10.3. The maximum Gasteiger partial charge on any atom is 0.162 e. The standard InChI is InChI=1S/C24H25FN2O/c25-17-9-11-20-19(14-17)24-21(26-20)15-18-10-12-22(24)27(18)13-5-4-8-23(28)16-6-2-1-3-7-16/h1-3,6-7,9,11,14,18,22,26H,4-5,8,10,12-13,15H2. The molecule has 3 aromatic rings. The second kappa shape index (κ2) is 7.17. The third-order valence-corrected chi connectivity index (χ3v) is 6.46. The number of nitrogens with one attached hydrogen (secondary N) is 1. The summed E-state index contributed by atoms with van der Waals surface area (Å²) in [5.41, 5.74) is 4.46. The highest BCUT2D eigenvalue weighted by molar-refractivity contribution is 5.95. The minimum atomic E-state index is -0.166. The van der Waals surface area contributed by atoms with Crippen molar-refractivity contribution in [2.45, 2.75) is 50.6 Å². The van der Waals surface area contributed by atoms with Crippen molar-refractivity contribution in [3.63, 3.8) is 0 Å². The molecular weight excluding hydrogens is 351 g/mol. The molecule has 3 heterocycles. The number of aromatic amines is 1. The molecule has 2 aliphatic rings. The third kappa shape index (κ3) is 3.06. The maximum atomic E-state index is 13.8. The van der Waals surface area contributed by atoms with E-state index < -0.39 is 0 Å². The van der Waals surface area contributed by atoms with Gasteiger partial charge >= 0.3 is 0 Å². The van der Waals surface area contributed by atoms with Crippen LogP contribution in [0.5, 0.6) is 0 Å². The van der Waals surface area contributed by atoms with E-state index in [1.165, 1.54) is 23.7 Å². The summed E-state index contributed by atoms with van der Waals surface area (Å²) in [6, 6.07) is 15.6. The quantitative estimate of drug-likeness (QED) is 0.460. The zero-order valence-corrected chi connectivity index (χ0v) is 16.0. The fourth-order valence-electron chi connectivity index (χ4n) is 5.17. The summed E-state index contributed by atoms with van der Waals surface area (Å²) in [5, 5.41) is 1.05. The Bertz CT molecular complexity index is 1010. The Labute approximate surface area is 164 Å². The van der Waals surface area contributed by atoms with Crippen molar-refractivity contribution in [1.29, 1.82) is 0 Å². The van der Waals surface area contributed by atoms with Gasteiger partial charge in [-0.3, -0.25) is 9.69 Å². The van der Waals surface area contributed by atoms with Crippen LogP contribution in [0.3, 0.4) is 0 Å². The Morgan fingerprint density at radius 3 is 2.82 bits per heavy atom. The molecule has 2 aromatic carbocycles. The van der Waals surface area contributed by atoms with E-state index in [-0.39, 0.29) is 11.6 Å². The molecule has 1 saturated heterocycles. The first-order valence-electron chi connectivity index (χ1n) is 10.3. The van der Waals surface area contributed by atoms with Gasteiger partial charge in [-0.15, -0.1) is 0 Å². The van der Waals surface area contributed by atoms with Gasteiger partial charge in [0.2, 0.25) is 0 Å². The lowest BCUT2D eigenvalue weighted by atomic mass is 9.96. The van der Waals surface area contributed by atoms with E-state index in [1.807, 2.05) is 36.4 Å². The highest BCUT2D eigenvalue weighted by Gasteiger charge is 2.41. The molecule has 0 spiro atoms. The number of carbonyl (C=O) groups is 1. The summed E-state index contributed by atoms with van der Waals surface area (Å²) < 4.78 is 13.8. The molecule has 4 heteroatoms. The molecular formula is C24H25FN2O. The number of benzene rings is 2. The van der Waals surface area contributed by atoms with Crippen LogP contribution in [0.15, 0.2) is 48.5 Å². The van der Waals surface area contributed by atoms with Crippen LogP contribution >= 0.6 is 0 Å². The first-order chi connectivity index (χ1) is 13.7. The van der Waals surface area contributed by atoms with E-state index in [1.54, 1.807) is 6.07 Å². The summed E-state index contributed by atoms with van der Waals surface area (Å²) in [7, 11) is 0. The smallest absolute Gasteiger partial charge is 0.162 e. The van der Waals surface area contributed by atoms with Crippen molar-refractivity contribution in [1.82, 2.24) is 9.88 Å². The third-order valence-electron chi connectivity index (χ3n) is 6.46. The van der Waals surface area contributed by atoms with E-state index >= 15 is 0 Å². The number of rotatable bonds is 6. The molecule has 144 valence electrons. The molecule has 28 heavy (non-hydrogen) atoms. The highest BCUT2D eigenvalue weighted by Crippen LogP contribution is 2.46. The average molecular weight is 376 g/mol. The fraction of sp³-hybridized carbons (Fsp3) is 0.375. The molecule has 0 aliphatic carbocycles. The number of unbranched alkanes of at least 4 members (excludes halogenated alkanes) is 1. The number of hydrogen-bond donors (Lipinski definition) is 1. The molecule has 5 rings (SSSR count). The van der Waals surface area contributed by atoms with Crippen molar-refractivity contribution in [2.75, 3.05) is 6.54 Å². The Morgan fingerprint density at radius 2 is 1.96 bits per heavy atom. The Hall–Kier alpha value is -2.46. The fourth-order valence-corrected chi connectivity index (χ4v) is 5.17. The summed E-state index contributed by atoms with van der Waals surface area (Å²) >= 11 is 0. The van der Waals surface area contributed by atoms with Crippen LogP contribution in [-0.2, 0) is 6.42 Å². The van der Waals surface area contributed by atoms with Crippen LogP contribution < -0.4 is 0 Å². The van der Waals surface area contributed by atoms with Crippen molar-refractivity contribution >= 4 is 16.7 Å². The zero-order valence-electron chi connectivity index (χ0n) is 16.0. The van der Waals surface area contributed by atoms with Crippen LogP contribution in [0.25, 0.3) is 10.9 Å². The maximum absolute atomic E-state index is 13.8. The highest BCUT2D eigenvalue weighted by atomic mass is 19.1. The molecule has 1 fully saturated rings. The Kier molecular flexibility index (Phi) is 4.52. The normalized spacial score (nSPS) is 21.2. The zero-order chi connectivity index (χ0) is 19.1. The molecule has 1 aromatic heterocycles. The SMILES string of the molecule is O=C(CCCCN1C2CCC1c1c([nH]c3ccc(F)cc13)C2)c1ccccc1. The van der Waals surface area contributed by atoms with Gasteiger partial charge in [-0.2, -0.15) is 0 Å². The number of hydrogen-bond acceptors (Lipinski definition) is 2. The van der Waals surface area contributed by atoms with Crippen molar-refractivity contribution in [3.05, 3.63) is 71.2 Å². The van der Waals surface area contributed by atoms with Gasteiger partial charge in [-0.25, -0.2) is 4.39 Å². The number of ketones is 1. The molecule has 3 nitrogen and oxygen atoms in total. The van der Waals surface area contributed by atoms with Crippen LogP contribution in [-0.4, -0.2) is 28.3 Å². The topological polar surface area (TPSA) is 36.1 Å². The van der Waals surface area contributed by atoms with Crippen LogP contribution in [0.1, 0.15) is 59.8 Å². The lowest BCUT2D eigenvalue weighted by Gasteiger charge is -2.35. The lowest BCUT2D eigenvalue weighted by Crippen LogP contribution is -2.38.